The first kappa shape index (κ1) is 19.6. The molecule has 0 atom stereocenters. The zero-order valence-corrected chi connectivity index (χ0v) is 16.8. The van der Waals surface area contributed by atoms with E-state index in [4.69, 9.17) is 9.47 Å². The van der Waals surface area contributed by atoms with Crippen LogP contribution in [0.1, 0.15) is 12.0 Å². The highest BCUT2D eigenvalue weighted by Gasteiger charge is 2.13. The van der Waals surface area contributed by atoms with Crippen molar-refractivity contribution in [1.82, 2.24) is 19.5 Å². The number of aryl methyl sites for hydroxylation is 2. The molecule has 0 fully saturated rings. The maximum atomic E-state index is 14.3. The van der Waals surface area contributed by atoms with Crippen LogP contribution in [0.4, 0.5) is 15.9 Å². The number of halogens is 1. The average molecular weight is 407 g/mol. The van der Waals surface area contributed by atoms with Crippen molar-refractivity contribution in [3.05, 3.63) is 66.8 Å². The summed E-state index contributed by atoms with van der Waals surface area (Å²) in [5, 5.41) is 3.76. The van der Waals surface area contributed by atoms with Gasteiger partial charge in [-0.3, -0.25) is 0 Å². The maximum absolute atomic E-state index is 14.3. The second-order valence-electron chi connectivity index (χ2n) is 6.85. The molecule has 0 aliphatic carbocycles. The van der Waals surface area contributed by atoms with Crippen LogP contribution >= 0.6 is 0 Å². The number of nitrogens with one attached hydrogen (secondary N) is 1. The number of hydrogen-bond donors (Lipinski definition) is 1. The van der Waals surface area contributed by atoms with Crippen molar-refractivity contribution in [2.75, 3.05) is 19.0 Å². The van der Waals surface area contributed by atoms with Crippen LogP contribution in [0, 0.1) is 12.7 Å². The number of nitrogens with zero attached hydrogens (tertiary/aromatic N) is 4. The van der Waals surface area contributed by atoms with Crippen LogP contribution in [0.3, 0.4) is 0 Å². The largest absolute Gasteiger partial charge is 0.493 e. The molecule has 154 valence electrons. The highest BCUT2D eigenvalue weighted by molar-refractivity contribution is 5.93. The van der Waals surface area contributed by atoms with Gasteiger partial charge >= 0.3 is 0 Å². The lowest BCUT2D eigenvalue weighted by Crippen LogP contribution is -2.04. The quantitative estimate of drug-likeness (QED) is 0.434. The number of imidazole rings is 1. The fraction of sp³-hybridized carbons (Fsp3) is 0.227. The molecule has 0 aliphatic rings. The van der Waals surface area contributed by atoms with Gasteiger partial charge in [0.2, 0.25) is 0 Å². The summed E-state index contributed by atoms with van der Waals surface area (Å²) in [4.78, 5) is 12.6. The summed E-state index contributed by atoms with van der Waals surface area (Å²) in [5.41, 5.74) is 1.87. The van der Waals surface area contributed by atoms with Gasteiger partial charge in [0, 0.05) is 30.4 Å². The van der Waals surface area contributed by atoms with Gasteiger partial charge in [-0.2, -0.15) is 0 Å². The van der Waals surface area contributed by atoms with Crippen LogP contribution in [0.5, 0.6) is 11.5 Å². The Labute approximate surface area is 173 Å². The molecular formula is C22H22FN5O2. The summed E-state index contributed by atoms with van der Waals surface area (Å²) in [6.45, 7) is 3.17. The maximum Gasteiger partial charge on any atom is 0.163 e. The van der Waals surface area contributed by atoms with Crippen molar-refractivity contribution >= 4 is 22.4 Å². The minimum Gasteiger partial charge on any atom is -0.493 e. The van der Waals surface area contributed by atoms with E-state index >= 15 is 0 Å². The molecule has 0 radical (unpaired) electrons. The van der Waals surface area contributed by atoms with E-state index in [1.165, 1.54) is 12.4 Å². The summed E-state index contributed by atoms with van der Waals surface area (Å²) in [5.74, 6) is 1.31. The Kier molecular flexibility index (Phi) is 5.74. The SMILES string of the molecule is COc1cc2c(Nc3ccc(C)cc3F)ncnc2cc1OCCCn1ccnc1. The molecular weight excluding hydrogens is 385 g/mol. The van der Waals surface area contributed by atoms with Crippen LogP contribution in [0.25, 0.3) is 10.9 Å². The lowest BCUT2D eigenvalue weighted by Gasteiger charge is -2.14. The lowest BCUT2D eigenvalue weighted by atomic mass is 10.2. The first-order valence-electron chi connectivity index (χ1n) is 9.58. The summed E-state index contributed by atoms with van der Waals surface area (Å²) in [7, 11) is 1.58. The van der Waals surface area contributed by atoms with Crippen molar-refractivity contribution < 1.29 is 13.9 Å². The molecule has 1 N–H and O–H groups in total. The minimum absolute atomic E-state index is 0.341. The minimum atomic E-state index is -0.341. The predicted octanol–water partition coefficient (Wildman–Crippen LogP) is 4.50. The lowest BCUT2D eigenvalue weighted by molar-refractivity contribution is 0.283. The molecule has 0 bridgehead atoms. The Morgan fingerprint density at radius 2 is 2.03 bits per heavy atom. The number of rotatable bonds is 8. The fourth-order valence-electron chi connectivity index (χ4n) is 3.13. The first-order valence-corrected chi connectivity index (χ1v) is 9.58. The summed E-state index contributed by atoms with van der Waals surface area (Å²) >= 11 is 0. The third-order valence-corrected chi connectivity index (χ3v) is 4.68. The van der Waals surface area contributed by atoms with E-state index in [2.05, 4.69) is 20.3 Å². The topological polar surface area (TPSA) is 74.1 Å². The number of benzene rings is 2. The van der Waals surface area contributed by atoms with Gasteiger partial charge in [0.05, 0.1) is 31.2 Å². The third-order valence-electron chi connectivity index (χ3n) is 4.68. The van der Waals surface area contributed by atoms with Crippen LogP contribution in [0.15, 0.2) is 55.4 Å². The molecule has 7 nitrogen and oxygen atoms in total. The Bertz CT molecular complexity index is 1150. The Balaban J connectivity index is 1.55. The number of ether oxygens (including phenoxy) is 2. The van der Waals surface area contributed by atoms with Gasteiger partial charge < -0.3 is 19.4 Å². The molecule has 0 saturated carbocycles. The van der Waals surface area contributed by atoms with E-state index in [-0.39, 0.29) is 5.82 Å². The van der Waals surface area contributed by atoms with E-state index in [0.29, 0.717) is 40.5 Å². The number of methoxy groups -OCH3 is 1. The van der Waals surface area contributed by atoms with Crippen LogP contribution in [-0.4, -0.2) is 33.2 Å². The molecule has 0 unspecified atom stereocenters. The second-order valence-corrected chi connectivity index (χ2v) is 6.85. The average Bonchev–Trinajstić information content (AvgIpc) is 3.26. The van der Waals surface area contributed by atoms with Gasteiger partial charge in [0.1, 0.15) is 18.0 Å². The molecule has 8 heteroatoms. The Morgan fingerprint density at radius 1 is 1.13 bits per heavy atom. The van der Waals surface area contributed by atoms with E-state index < -0.39 is 0 Å². The molecule has 4 rings (SSSR count). The smallest absolute Gasteiger partial charge is 0.163 e. The van der Waals surface area contributed by atoms with Gasteiger partial charge in [-0.05, 0) is 37.1 Å². The molecule has 2 aromatic heterocycles. The molecule has 2 heterocycles. The summed E-state index contributed by atoms with van der Waals surface area (Å²) < 4.78 is 27.7. The van der Waals surface area contributed by atoms with Gasteiger partial charge in [0.25, 0.3) is 0 Å². The van der Waals surface area contributed by atoms with E-state index in [1.54, 1.807) is 31.8 Å². The normalized spacial score (nSPS) is 10.9. The molecule has 0 aliphatic heterocycles. The number of anilines is 2. The van der Waals surface area contributed by atoms with Gasteiger partial charge in [0.15, 0.2) is 11.5 Å². The highest BCUT2D eigenvalue weighted by Crippen LogP contribution is 2.35. The van der Waals surface area contributed by atoms with Crippen molar-refractivity contribution in [3.63, 3.8) is 0 Å². The molecule has 4 aromatic rings. The van der Waals surface area contributed by atoms with Gasteiger partial charge in [-0.25, -0.2) is 19.3 Å². The Hall–Kier alpha value is -3.68. The van der Waals surface area contributed by atoms with Crippen molar-refractivity contribution in [3.8, 4) is 11.5 Å². The van der Waals surface area contributed by atoms with Crippen LogP contribution in [-0.2, 0) is 6.54 Å². The molecule has 2 aromatic carbocycles. The van der Waals surface area contributed by atoms with Crippen molar-refractivity contribution in [1.29, 1.82) is 0 Å². The number of hydrogen-bond acceptors (Lipinski definition) is 6. The summed E-state index contributed by atoms with van der Waals surface area (Å²) in [6.07, 6.45) is 7.70. The number of fused-ring (bicyclic) bond motifs is 1. The monoisotopic (exact) mass is 407 g/mol. The molecule has 30 heavy (non-hydrogen) atoms. The first-order chi connectivity index (χ1) is 14.6. The van der Waals surface area contributed by atoms with E-state index in [0.717, 1.165) is 18.5 Å². The van der Waals surface area contributed by atoms with E-state index in [9.17, 15) is 4.39 Å². The van der Waals surface area contributed by atoms with Crippen molar-refractivity contribution in [2.24, 2.45) is 0 Å². The summed E-state index contributed by atoms with van der Waals surface area (Å²) in [6, 6.07) is 8.61. The van der Waals surface area contributed by atoms with Crippen LogP contribution < -0.4 is 14.8 Å². The second kappa shape index (κ2) is 8.77. The van der Waals surface area contributed by atoms with E-state index in [1.807, 2.05) is 29.8 Å². The highest BCUT2D eigenvalue weighted by atomic mass is 19.1. The van der Waals surface area contributed by atoms with Crippen LogP contribution in [0.2, 0.25) is 0 Å². The van der Waals surface area contributed by atoms with Gasteiger partial charge in [-0.1, -0.05) is 6.07 Å². The zero-order valence-electron chi connectivity index (χ0n) is 16.8. The van der Waals surface area contributed by atoms with Gasteiger partial charge in [-0.15, -0.1) is 0 Å². The van der Waals surface area contributed by atoms with Crippen molar-refractivity contribution in [2.45, 2.75) is 19.9 Å². The molecule has 0 saturated heterocycles. The third kappa shape index (κ3) is 4.32. The molecule has 0 amide bonds. The standard InChI is InChI=1S/C22H22FN5O2/c1-15-4-5-18(17(23)10-15)27-22-16-11-20(29-2)21(12-19(16)25-13-26-22)30-9-3-7-28-8-6-24-14-28/h4-6,8,10-14H,3,7,9H2,1-2H3,(H,25,26,27). The number of aromatic nitrogens is 4. The predicted molar refractivity (Wildman–Crippen MR) is 113 cm³/mol. The fourth-order valence-corrected chi connectivity index (χ4v) is 3.13. The molecule has 0 spiro atoms. The Morgan fingerprint density at radius 3 is 2.80 bits per heavy atom. The zero-order chi connectivity index (χ0) is 20.9.